The molecular weight excluding hydrogens is 480 g/mol. The first-order chi connectivity index (χ1) is 16.6. The zero-order chi connectivity index (χ0) is 26.6. The van der Waals surface area contributed by atoms with Crippen LogP contribution < -0.4 is 10.0 Å². The minimum atomic E-state index is -3.73. The second kappa shape index (κ2) is 15.9. The molecule has 1 aromatic heterocycles. The first kappa shape index (κ1) is 32.0. The molecule has 6 unspecified atom stereocenters. The van der Waals surface area contributed by atoms with Crippen molar-refractivity contribution in [2.45, 2.75) is 111 Å². The number of rotatable bonds is 18. The Balaban J connectivity index is 2.82. The Bertz CT molecular complexity index is 843. The predicted octanol–water partition coefficient (Wildman–Crippen LogP) is 6.73. The van der Waals surface area contributed by atoms with Gasteiger partial charge in [0.05, 0.1) is 0 Å². The molecular formula is C26H50N4O3S2. The van der Waals surface area contributed by atoms with Crippen molar-refractivity contribution in [3.8, 4) is 0 Å². The molecule has 0 saturated carbocycles. The van der Waals surface area contributed by atoms with Gasteiger partial charge in [0.25, 0.3) is 10.0 Å². The van der Waals surface area contributed by atoms with Crippen molar-refractivity contribution >= 4 is 32.4 Å². The number of amides is 1. The fraction of sp³-hybridized carbons (Fsp3) is 0.885. The molecule has 1 heterocycles. The van der Waals surface area contributed by atoms with Gasteiger partial charge in [-0.2, -0.15) is 0 Å². The number of aromatic nitrogens is 2. The highest BCUT2D eigenvalue weighted by atomic mass is 32.2. The Morgan fingerprint density at radius 1 is 0.857 bits per heavy atom. The van der Waals surface area contributed by atoms with E-state index in [4.69, 9.17) is 0 Å². The molecule has 0 radical (unpaired) electrons. The second-order valence-corrected chi connectivity index (χ2v) is 12.9. The van der Waals surface area contributed by atoms with Gasteiger partial charge in [0.1, 0.15) is 0 Å². The van der Waals surface area contributed by atoms with E-state index in [1.165, 1.54) is 39.0 Å². The van der Waals surface area contributed by atoms with E-state index < -0.39 is 10.0 Å². The molecule has 0 saturated heterocycles. The van der Waals surface area contributed by atoms with Gasteiger partial charge in [-0.25, -0.2) is 13.1 Å². The van der Waals surface area contributed by atoms with Crippen molar-refractivity contribution in [3.63, 3.8) is 0 Å². The van der Waals surface area contributed by atoms with Gasteiger partial charge >= 0.3 is 0 Å². The lowest BCUT2D eigenvalue weighted by Gasteiger charge is -2.42. The number of nitrogens with one attached hydrogen (secondary N) is 2. The molecule has 204 valence electrons. The molecule has 7 nitrogen and oxygen atoms in total. The largest absolute Gasteiger partial charge is 0.301 e. The fourth-order valence-electron chi connectivity index (χ4n) is 6.13. The van der Waals surface area contributed by atoms with Crippen LogP contribution in [0.25, 0.3) is 0 Å². The highest BCUT2D eigenvalue weighted by Gasteiger charge is 2.35. The quantitative estimate of drug-likeness (QED) is 0.162. The normalized spacial score (nSPS) is 17.4. The summed E-state index contributed by atoms with van der Waals surface area (Å²) in [4.78, 5) is 11.2. The maximum absolute atomic E-state index is 12.6. The molecule has 0 aliphatic rings. The number of carbonyl (C=O) groups is 1. The van der Waals surface area contributed by atoms with Gasteiger partial charge in [-0.05, 0) is 48.3 Å². The Labute approximate surface area is 218 Å². The van der Waals surface area contributed by atoms with E-state index in [0.29, 0.717) is 24.3 Å². The summed E-state index contributed by atoms with van der Waals surface area (Å²) >= 11 is 0.862. The van der Waals surface area contributed by atoms with Crippen molar-refractivity contribution in [2.75, 3.05) is 11.9 Å². The van der Waals surface area contributed by atoms with Crippen molar-refractivity contribution < 1.29 is 13.2 Å². The van der Waals surface area contributed by atoms with Crippen LogP contribution in [0.3, 0.4) is 0 Å². The molecule has 0 aromatic carbocycles. The maximum atomic E-state index is 12.6. The first-order valence-electron chi connectivity index (χ1n) is 13.7. The third kappa shape index (κ3) is 9.39. The first-order valence-corrected chi connectivity index (χ1v) is 16.0. The van der Waals surface area contributed by atoms with Crippen LogP contribution in [-0.4, -0.2) is 31.1 Å². The van der Waals surface area contributed by atoms with E-state index >= 15 is 0 Å². The summed E-state index contributed by atoms with van der Waals surface area (Å²) in [5.74, 6) is 3.91. The van der Waals surface area contributed by atoms with Gasteiger partial charge in [0, 0.05) is 13.5 Å². The predicted molar refractivity (Wildman–Crippen MR) is 147 cm³/mol. The van der Waals surface area contributed by atoms with Crippen LogP contribution in [0.2, 0.25) is 0 Å². The number of sulfonamides is 1. The topological polar surface area (TPSA) is 101 Å². The number of carbonyl (C=O) groups excluding carboxylic acids is 1. The van der Waals surface area contributed by atoms with E-state index in [2.05, 4.69) is 68.7 Å². The van der Waals surface area contributed by atoms with E-state index in [0.717, 1.165) is 48.4 Å². The highest BCUT2D eigenvalue weighted by Crippen LogP contribution is 2.43. The lowest BCUT2D eigenvalue weighted by Crippen LogP contribution is -2.35. The number of anilines is 1. The van der Waals surface area contributed by atoms with Gasteiger partial charge in [-0.15, -0.1) is 10.2 Å². The van der Waals surface area contributed by atoms with Crippen LogP contribution in [0.4, 0.5) is 5.13 Å². The monoisotopic (exact) mass is 530 g/mol. The highest BCUT2D eigenvalue weighted by molar-refractivity contribution is 7.91. The summed E-state index contributed by atoms with van der Waals surface area (Å²) in [6, 6.07) is 0. The van der Waals surface area contributed by atoms with E-state index in [-0.39, 0.29) is 15.4 Å². The summed E-state index contributed by atoms with van der Waals surface area (Å²) in [7, 11) is -3.73. The average molecular weight is 531 g/mol. The van der Waals surface area contributed by atoms with Crippen LogP contribution >= 0.6 is 11.3 Å². The molecule has 1 rings (SSSR count). The molecule has 35 heavy (non-hydrogen) atoms. The van der Waals surface area contributed by atoms with Crippen molar-refractivity contribution in [3.05, 3.63) is 0 Å². The SMILES string of the molecule is CCC(C)C(CC)C(CC)C(CC)C(CC)C(CC)CCCNS(=O)(=O)c1nnc(NC(C)=O)s1. The standard InChI is InChI=1S/C26H50N4O3S2/c1-9-18(7)21(11-3)23(13-5)24(14-6)22(12-4)20(10-2)16-15-17-27-35(32,33)26-30-29-25(34-26)28-19(8)31/h18,20-24,27H,9-17H2,1-8H3,(H,28,29,31). The van der Waals surface area contributed by atoms with Crippen LogP contribution in [-0.2, 0) is 14.8 Å². The van der Waals surface area contributed by atoms with Crippen molar-refractivity contribution in [2.24, 2.45) is 35.5 Å². The smallest absolute Gasteiger partial charge is 0.269 e. The molecule has 9 heteroatoms. The third-order valence-corrected chi connectivity index (χ3v) is 10.7. The summed E-state index contributed by atoms with van der Waals surface area (Å²) in [6.45, 7) is 18.2. The zero-order valence-electron chi connectivity index (χ0n) is 23.3. The van der Waals surface area contributed by atoms with Crippen LogP contribution in [0.5, 0.6) is 0 Å². The van der Waals surface area contributed by atoms with Gasteiger partial charge in [-0.3, -0.25) is 4.79 Å². The lowest BCUT2D eigenvalue weighted by molar-refractivity contribution is -0.114. The molecule has 6 atom stereocenters. The average Bonchev–Trinajstić information content (AvgIpc) is 3.30. The number of nitrogens with zero attached hydrogens (tertiary/aromatic N) is 2. The molecule has 1 amide bonds. The summed E-state index contributed by atoms with van der Waals surface area (Å²) in [5.41, 5.74) is 0. The minimum absolute atomic E-state index is 0.118. The molecule has 0 aliphatic heterocycles. The Morgan fingerprint density at radius 3 is 1.91 bits per heavy atom. The Hall–Kier alpha value is -1.06. The second-order valence-electron chi connectivity index (χ2n) is 9.94. The van der Waals surface area contributed by atoms with Gasteiger partial charge in [-0.1, -0.05) is 98.3 Å². The molecule has 0 aliphatic carbocycles. The lowest BCUT2D eigenvalue weighted by atomic mass is 9.63. The summed E-state index contributed by atoms with van der Waals surface area (Å²) in [5, 5.41) is 10.1. The fourth-order valence-corrected chi connectivity index (χ4v) is 8.20. The minimum Gasteiger partial charge on any atom is -0.301 e. The number of hydrogen-bond acceptors (Lipinski definition) is 6. The van der Waals surface area contributed by atoms with Crippen LogP contribution in [0.15, 0.2) is 4.34 Å². The summed E-state index contributed by atoms with van der Waals surface area (Å²) < 4.78 is 27.8. The van der Waals surface area contributed by atoms with E-state index in [1.54, 1.807) is 0 Å². The van der Waals surface area contributed by atoms with E-state index in [1.807, 2.05) is 0 Å². The van der Waals surface area contributed by atoms with Gasteiger partial charge in [0.15, 0.2) is 0 Å². The number of hydrogen-bond donors (Lipinski definition) is 2. The van der Waals surface area contributed by atoms with Gasteiger partial charge in [0.2, 0.25) is 15.4 Å². The van der Waals surface area contributed by atoms with Crippen LogP contribution in [0.1, 0.15) is 107 Å². The van der Waals surface area contributed by atoms with Crippen LogP contribution in [0, 0.1) is 35.5 Å². The van der Waals surface area contributed by atoms with Crippen molar-refractivity contribution in [1.82, 2.24) is 14.9 Å². The zero-order valence-corrected chi connectivity index (χ0v) is 24.9. The summed E-state index contributed by atoms with van der Waals surface area (Å²) in [6.07, 6.45) is 9.02. The van der Waals surface area contributed by atoms with E-state index in [9.17, 15) is 13.2 Å². The van der Waals surface area contributed by atoms with Crippen molar-refractivity contribution in [1.29, 1.82) is 0 Å². The molecule has 1 aromatic rings. The molecule has 0 spiro atoms. The van der Waals surface area contributed by atoms with Gasteiger partial charge < -0.3 is 5.32 Å². The Morgan fingerprint density at radius 2 is 1.43 bits per heavy atom. The molecule has 0 fully saturated rings. The Kier molecular flexibility index (Phi) is 14.5. The molecule has 2 N–H and O–H groups in total. The third-order valence-electron chi connectivity index (χ3n) is 8.00. The molecule has 0 bridgehead atoms. The maximum Gasteiger partial charge on any atom is 0.269 e.